The first-order chi connectivity index (χ1) is 15.4. The minimum absolute atomic E-state index is 0.278. The van der Waals surface area contributed by atoms with Crippen molar-refractivity contribution in [2.45, 2.75) is 123 Å². The molecule has 3 unspecified atom stereocenters. The molecule has 0 rings (SSSR count). The molecular formula is C23H57NO6Si5. The van der Waals surface area contributed by atoms with E-state index >= 15 is 0 Å². The SMILES string of the molecule is CCO/N=C(\CO[Si](C)(C)C)C(O[Si](C)(C)C)C(O[Si](C)(C)C)C(CO[Si](C)(C)C)O[Si](C)(C)C. The van der Waals surface area contributed by atoms with E-state index in [9.17, 15) is 0 Å². The lowest BCUT2D eigenvalue weighted by Gasteiger charge is -2.42. The number of nitrogens with zero attached hydrogens (tertiary/aromatic N) is 1. The van der Waals surface area contributed by atoms with Crippen LogP contribution in [0.2, 0.25) is 98.2 Å². The lowest BCUT2D eigenvalue weighted by Crippen LogP contribution is -2.58. The van der Waals surface area contributed by atoms with Gasteiger partial charge in [-0.15, -0.1) is 0 Å². The van der Waals surface area contributed by atoms with Gasteiger partial charge in [-0.05, 0) is 105 Å². The average molecular weight is 584 g/mol. The lowest BCUT2D eigenvalue weighted by atomic mass is 10.0. The third-order valence-electron chi connectivity index (χ3n) is 4.11. The van der Waals surface area contributed by atoms with Gasteiger partial charge in [-0.3, -0.25) is 0 Å². The molecule has 12 heteroatoms. The van der Waals surface area contributed by atoms with E-state index in [1.165, 1.54) is 0 Å². The smallest absolute Gasteiger partial charge is 0.184 e. The molecule has 0 aromatic rings. The van der Waals surface area contributed by atoms with Crippen molar-refractivity contribution >= 4 is 47.3 Å². The molecule has 210 valence electrons. The number of hydrogen-bond acceptors (Lipinski definition) is 7. The Kier molecular flexibility index (Phi) is 14.1. The molecule has 35 heavy (non-hydrogen) atoms. The molecular weight excluding hydrogens is 527 g/mol. The fourth-order valence-corrected chi connectivity index (χ4v) is 7.51. The molecule has 7 nitrogen and oxygen atoms in total. The molecule has 0 aliphatic rings. The highest BCUT2D eigenvalue weighted by Gasteiger charge is 2.43. The van der Waals surface area contributed by atoms with Crippen molar-refractivity contribution in [1.82, 2.24) is 0 Å². The second-order valence-electron chi connectivity index (χ2n) is 13.9. The predicted molar refractivity (Wildman–Crippen MR) is 162 cm³/mol. The van der Waals surface area contributed by atoms with E-state index in [0.29, 0.717) is 19.8 Å². The van der Waals surface area contributed by atoms with Gasteiger partial charge in [-0.2, -0.15) is 0 Å². The summed E-state index contributed by atoms with van der Waals surface area (Å²) < 4.78 is 33.3. The van der Waals surface area contributed by atoms with E-state index in [1.807, 2.05) is 6.92 Å². The van der Waals surface area contributed by atoms with Gasteiger partial charge in [0.05, 0.1) is 19.3 Å². The van der Waals surface area contributed by atoms with Gasteiger partial charge in [0.15, 0.2) is 41.6 Å². The minimum atomic E-state index is -2.02. The maximum Gasteiger partial charge on any atom is 0.184 e. The van der Waals surface area contributed by atoms with E-state index in [-0.39, 0.29) is 12.2 Å². The number of rotatable bonds is 17. The Morgan fingerprint density at radius 3 is 1.43 bits per heavy atom. The summed E-state index contributed by atoms with van der Waals surface area (Å²) in [5.41, 5.74) is 0.733. The summed E-state index contributed by atoms with van der Waals surface area (Å²) in [6.07, 6.45) is -1.09. The summed E-state index contributed by atoms with van der Waals surface area (Å²) in [7, 11) is -9.56. The van der Waals surface area contributed by atoms with Gasteiger partial charge in [0, 0.05) is 0 Å². The first-order valence-electron chi connectivity index (χ1n) is 12.9. The first kappa shape index (κ1) is 35.4. The fourth-order valence-electron chi connectivity index (χ4n) is 3.03. The third-order valence-corrected chi connectivity index (χ3v) is 9.11. The second-order valence-corrected chi connectivity index (χ2v) is 36.3. The summed E-state index contributed by atoms with van der Waals surface area (Å²) in [6.45, 7) is 36.2. The maximum atomic E-state index is 6.90. The largest absolute Gasteiger partial charge is 0.415 e. The molecule has 0 aromatic heterocycles. The highest BCUT2D eigenvalue weighted by atomic mass is 28.4. The van der Waals surface area contributed by atoms with Crippen LogP contribution in [0.1, 0.15) is 6.92 Å². The van der Waals surface area contributed by atoms with E-state index in [2.05, 4.69) is 103 Å². The van der Waals surface area contributed by atoms with Crippen molar-refractivity contribution in [3.63, 3.8) is 0 Å². The van der Waals surface area contributed by atoms with Crippen molar-refractivity contribution in [3.05, 3.63) is 0 Å². The van der Waals surface area contributed by atoms with Gasteiger partial charge >= 0.3 is 0 Å². The van der Waals surface area contributed by atoms with Crippen LogP contribution >= 0.6 is 0 Å². The molecule has 0 aliphatic carbocycles. The van der Waals surface area contributed by atoms with E-state index in [4.69, 9.17) is 27.0 Å². The zero-order valence-electron chi connectivity index (χ0n) is 25.8. The zero-order valence-corrected chi connectivity index (χ0v) is 30.8. The highest BCUT2D eigenvalue weighted by molar-refractivity contribution is 6.71. The standard InChI is InChI=1S/C23H57NO6Si5/c1-17-25-24-20(18-26-31(2,3)4)22(29-34(11,12)13)23(30-35(14,15)16)21(28-33(8,9)10)19-27-32(5,6)7/h21-23H,17-19H2,1-16H3/b24-20+. The molecule has 0 saturated carbocycles. The van der Waals surface area contributed by atoms with Crippen molar-refractivity contribution in [2.75, 3.05) is 19.8 Å². The highest BCUT2D eigenvalue weighted by Crippen LogP contribution is 2.26. The van der Waals surface area contributed by atoms with Crippen LogP contribution in [0.5, 0.6) is 0 Å². The Labute approximate surface area is 222 Å². The average Bonchev–Trinajstić information content (AvgIpc) is 2.58. The Balaban J connectivity index is 6.73. The summed E-state index contributed by atoms with van der Waals surface area (Å²) in [5.74, 6) is 0. The van der Waals surface area contributed by atoms with Crippen LogP contribution in [0.15, 0.2) is 5.16 Å². The molecule has 0 bridgehead atoms. The Morgan fingerprint density at radius 1 is 0.600 bits per heavy atom. The van der Waals surface area contributed by atoms with E-state index in [0.717, 1.165) is 5.71 Å². The normalized spacial score (nSPS) is 17.3. The van der Waals surface area contributed by atoms with Crippen LogP contribution in [0.4, 0.5) is 0 Å². The molecule has 3 atom stereocenters. The summed E-state index contributed by atoms with van der Waals surface area (Å²) in [6, 6.07) is 0. The number of hydrogen-bond donors (Lipinski definition) is 0. The Hall–Kier alpha value is 0.354. The van der Waals surface area contributed by atoms with Crippen LogP contribution in [0.25, 0.3) is 0 Å². The predicted octanol–water partition coefficient (Wildman–Crippen LogP) is 6.74. The van der Waals surface area contributed by atoms with E-state index < -0.39 is 47.7 Å². The molecule has 0 heterocycles. The van der Waals surface area contributed by atoms with Crippen molar-refractivity contribution < 1.29 is 27.0 Å². The molecule has 0 saturated heterocycles. The Bertz CT molecular complexity index is 645. The quantitative estimate of drug-likeness (QED) is 0.107. The van der Waals surface area contributed by atoms with Gasteiger partial charge in [-0.1, -0.05) is 5.16 Å². The monoisotopic (exact) mass is 583 g/mol. The van der Waals surface area contributed by atoms with Crippen molar-refractivity contribution in [1.29, 1.82) is 0 Å². The first-order valence-corrected chi connectivity index (χ1v) is 30.0. The van der Waals surface area contributed by atoms with E-state index in [1.54, 1.807) is 0 Å². The van der Waals surface area contributed by atoms with Gasteiger partial charge in [-0.25, -0.2) is 0 Å². The summed E-state index contributed by atoms with van der Waals surface area (Å²) in [5, 5.41) is 4.54. The van der Waals surface area contributed by atoms with Gasteiger partial charge < -0.3 is 27.0 Å². The second kappa shape index (κ2) is 13.9. The molecule has 0 amide bonds. The van der Waals surface area contributed by atoms with Crippen molar-refractivity contribution in [3.8, 4) is 0 Å². The van der Waals surface area contributed by atoms with Crippen LogP contribution < -0.4 is 0 Å². The molecule has 0 aliphatic heterocycles. The zero-order chi connectivity index (χ0) is 27.9. The lowest BCUT2D eigenvalue weighted by molar-refractivity contribution is -0.0309. The van der Waals surface area contributed by atoms with Gasteiger partial charge in [0.2, 0.25) is 0 Å². The molecule has 0 aromatic carbocycles. The Morgan fingerprint density at radius 2 is 1.06 bits per heavy atom. The summed E-state index contributed by atoms with van der Waals surface area (Å²) >= 11 is 0. The maximum absolute atomic E-state index is 6.90. The van der Waals surface area contributed by atoms with Crippen LogP contribution in [0.3, 0.4) is 0 Å². The fraction of sp³-hybridized carbons (Fsp3) is 0.957. The van der Waals surface area contributed by atoms with Gasteiger partial charge in [0.1, 0.15) is 24.5 Å². The van der Waals surface area contributed by atoms with Crippen molar-refractivity contribution in [2.24, 2.45) is 5.16 Å². The molecule has 0 radical (unpaired) electrons. The van der Waals surface area contributed by atoms with Gasteiger partial charge in [0.25, 0.3) is 0 Å². The minimum Gasteiger partial charge on any atom is -0.415 e. The molecule has 0 fully saturated rings. The third kappa shape index (κ3) is 19.1. The number of oxime groups is 1. The van der Waals surface area contributed by atoms with Crippen LogP contribution in [-0.2, 0) is 27.0 Å². The molecule has 0 N–H and O–H groups in total. The topological polar surface area (TPSA) is 67.7 Å². The van der Waals surface area contributed by atoms with Crippen LogP contribution in [-0.4, -0.2) is 85.4 Å². The van der Waals surface area contributed by atoms with Crippen LogP contribution in [0, 0.1) is 0 Å². The summed E-state index contributed by atoms with van der Waals surface area (Å²) in [4.78, 5) is 5.59. The molecule has 0 spiro atoms.